The van der Waals surface area contributed by atoms with Gasteiger partial charge in [0.1, 0.15) is 30.3 Å². The van der Waals surface area contributed by atoms with Crippen molar-refractivity contribution in [2.24, 2.45) is 11.0 Å². The molecule has 21 heavy (non-hydrogen) atoms. The quantitative estimate of drug-likeness (QED) is 0.392. The van der Waals surface area contributed by atoms with E-state index in [9.17, 15) is 19.4 Å². The second kappa shape index (κ2) is 5.66. The lowest BCUT2D eigenvalue weighted by Gasteiger charge is -2.18. The summed E-state index contributed by atoms with van der Waals surface area (Å²) in [6.07, 6.45) is -1.62. The maximum atomic E-state index is 13.2. The van der Waals surface area contributed by atoms with Gasteiger partial charge < -0.3 is 20.7 Å². The van der Waals surface area contributed by atoms with Crippen LogP contribution in [0, 0.1) is 11.4 Å². The van der Waals surface area contributed by atoms with Gasteiger partial charge in [0.25, 0.3) is 5.72 Å². The minimum Gasteiger partial charge on any atom is -0.391 e. The predicted molar refractivity (Wildman–Crippen MR) is 65.6 cm³/mol. The highest BCUT2D eigenvalue weighted by Crippen LogP contribution is 2.41. The normalized spacial score (nSPS) is 31.9. The van der Waals surface area contributed by atoms with Crippen LogP contribution in [-0.4, -0.2) is 44.9 Å². The zero-order valence-corrected chi connectivity index (χ0v) is 10.8. The van der Waals surface area contributed by atoms with Crippen LogP contribution in [0.3, 0.4) is 0 Å². The molecule has 114 valence electrons. The number of anilines is 1. The first-order chi connectivity index (χ1) is 9.99. The minimum absolute atomic E-state index is 0.0224. The number of aliphatic hydroxyl groups excluding tert-OH is 2. The van der Waals surface area contributed by atoms with Crippen molar-refractivity contribution in [2.45, 2.75) is 18.1 Å². The van der Waals surface area contributed by atoms with Crippen molar-refractivity contribution in [1.29, 1.82) is 5.53 Å². The van der Waals surface area contributed by atoms with E-state index >= 15 is 0 Å². The van der Waals surface area contributed by atoms with Crippen LogP contribution in [0.25, 0.3) is 0 Å². The molecule has 1 saturated heterocycles. The molecule has 0 radical (unpaired) electrons. The number of rotatable bonds is 4. The molecule has 0 spiro atoms. The molecular formula is C10H14FN6O4+. The number of ether oxygens (including phenoxy) is 1. The minimum atomic E-state index is -2.00. The van der Waals surface area contributed by atoms with Crippen LogP contribution in [0.4, 0.5) is 10.2 Å². The highest BCUT2D eigenvalue weighted by molar-refractivity contribution is 5.23. The number of nitrogens with two attached hydrogens (primary N) is 1. The molecule has 2 heterocycles. The van der Waals surface area contributed by atoms with Crippen molar-refractivity contribution in [3.8, 4) is 0 Å². The van der Waals surface area contributed by atoms with Crippen molar-refractivity contribution in [1.82, 2.24) is 14.5 Å². The molecule has 0 amide bonds. The second-order valence-corrected chi connectivity index (χ2v) is 4.52. The first kappa shape index (κ1) is 15.2. The van der Waals surface area contributed by atoms with Crippen molar-refractivity contribution in [3.63, 3.8) is 0 Å². The van der Waals surface area contributed by atoms with Crippen molar-refractivity contribution in [3.05, 3.63) is 22.7 Å². The number of nitrogens with zero attached hydrogens (tertiary/aromatic N) is 4. The third-order valence-corrected chi connectivity index (χ3v) is 3.31. The maximum Gasteiger partial charge on any atom is 0.351 e. The van der Waals surface area contributed by atoms with Gasteiger partial charge in [0.2, 0.25) is 4.91 Å². The molecule has 0 aromatic carbocycles. The molecule has 4 atom stereocenters. The van der Waals surface area contributed by atoms with Gasteiger partial charge in [-0.2, -0.15) is 4.98 Å². The average molecular weight is 301 g/mol. The molecule has 11 heteroatoms. The molecule has 1 aliphatic heterocycles. The van der Waals surface area contributed by atoms with E-state index in [1.165, 1.54) is 12.3 Å². The SMILES string of the molecule is N=[N+]=N[C@]1(CO)O[C@@H](n2ccc(N)nc2=O)[C@@H](CF)[C@@H]1O. The van der Waals surface area contributed by atoms with Gasteiger partial charge in [-0.05, 0) is 6.07 Å². The summed E-state index contributed by atoms with van der Waals surface area (Å²) in [5, 5.41) is 22.7. The van der Waals surface area contributed by atoms with Crippen LogP contribution in [0.15, 0.2) is 22.2 Å². The van der Waals surface area contributed by atoms with Crippen LogP contribution in [-0.2, 0) is 4.74 Å². The fraction of sp³-hybridized carbons (Fsp3) is 0.600. The lowest BCUT2D eigenvalue weighted by molar-refractivity contribution is -0.128. The van der Waals surface area contributed by atoms with E-state index in [-0.39, 0.29) is 5.82 Å². The number of alkyl halides is 1. The molecule has 0 unspecified atom stereocenters. The highest BCUT2D eigenvalue weighted by atomic mass is 19.1. The van der Waals surface area contributed by atoms with E-state index in [4.69, 9.17) is 16.0 Å². The Labute approximate surface area is 117 Å². The third-order valence-electron chi connectivity index (χ3n) is 3.31. The van der Waals surface area contributed by atoms with Crippen LogP contribution in [0.5, 0.6) is 0 Å². The topological polar surface area (TPSA) is 161 Å². The van der Waals surface area contributed by atoms with Gasteiger partial charge in [-0.25, -0.2) is 4.79 Å². The van der Waals surface area contributed by atoms with Crippen molar-refractivity contribution >= 4 is 5.82 Å². The first-order valence-electron chi connectivity index (χ1n) is 5.95. The van der Waals surface area contributed by atoms with Crippen LogP contribution < -0.4 is 16.3 Å². The molecule has 0 saturated carbocycles. The summed E-state index contributed by atoms with van der Waals surface area (Å²) in [7, 11) is 0. The van der Waals surface area contributed by atoms with Gasteiger partial charge in [0, 0.05) is 6.20 Å². The molecule has 10 nitrogen and oxygen atoms in total. The lowest BCUT2D eigenvalue weighted by Crippen LogP contribution is -2.43. The number of hydrogen-bond acceptors (Lipinski definition) is 8. The molecule has 1 aliphatic rings. The molecular weight excluding hydrogens is 287 g/mol. The number of nitrogens with one attached hydrogen (secondary N) is 1. The highest BCUT2D eigenvalue weighted by Gasteiger charge is 2.59. The van der Waals surface area contributed by atoms with Gasteiger partial charge in [0.05, 0.1) is 12.6 Å². The largest absolute Gasteiger partial charge is 0.391 e. The van der Waals surface area contributed by atoms with E-state index < -0.39 is 42.9 Å². The Morgan fingerprint density at radius 2 is 2.43 bits per heavy atom. The summed E-state index contributed by atoms with van der Waals surface area (Å²) in [5.41, 5.74) is 9.28. The third kappa shape index (κ3) is 2.43. The number of hydrogen-bond donors (Lipinski definition) is 4. The van der Waals surface area contributed by atoms with E-state index in [1.807, 2.05) is 0 Å². The predicted octanol–water partition coefficient (Wildman–Crippen LogP) is -1.46. The van der Waals surface area contributed by atoms with Gasteiger partial charge in [-0.3, -0.25) is 8.96 Å². The Balaban J connectivity index is 2.49. The van der Waals surface area contributed by atoms with Crippen LogP contribution in [0.1, 0.15) is 6.23 Å². The summed E-state index contributed by atoms with van der Waals surface area (Å²) >= 11 is 0. The van der Waals surface area contributed by atoms with Gasteiger partial charge >= 0.3 is 5.69 Å². The van der Waals surface area contributed by atoms with Crippen molar-refractivity contribution < 1.29 is 19.3 Å². The van der Waals surface area contributed by atoms with Crippen LogP contribution >= 0.6 is 0 Å². The Morgan fingerprint density at radius 3 is 2.95 bits per heavy atom. The smallest absolute Gasteiger partial charge is 0.351 e. The zero-order chi connectivity index (χ0) is 15.6. The number of aromatic nitrogens is 2. The van der Waals surface area contributed by atoms with Crippen LogP contribution in [0.2, 0.25) is 0 Å². The monoisotopic (exact) mass is 301 g/mol. The standard InChI is InChI=1S/C10H13FN6O4/c11-3-5-7(19)10(4-18,15-16-13)21-8(5)17-2-1-6(12)14-9(17)20/h1-2,5,7-8,13,18-19H,3-4H2,(H-,12,14,20)/p+1/t5-,7-,8+,10+/m0/s1. The number of nitrogen functional groups attached to an aromatic ring is 1. The summed E-state index contributed by atoms with van der Waals surface area (Å²) in [6, 6.07) is 1.30. The summed E-state index contributed by atoms with van der Waals surface area (Å²) in [5.74, 6) is -1.21. The number of halogens is 1. The summed E-state index contributed by atoms with van der Waals surface area (Å²) < 4.78 is 19.5. The fourth-order valence-electron chi connectivity index (χ4n) is 2.23. The zero-order valence-electron chi connectivity index (χ0n) is 10.8. The Kier molecular flexibility index (Phi) is 4.09. The van der Waals surface area contributed by atoms with E-state index in [1.54, 1.807) is 0 Å². The Hall–Kier alpha value is -2.20. The molecule has 2 rings (SSSR count). The van der Waals surface area contributed by atoms with E-state index in [0.29, 0.717) is 0 Å². The lowest BCUT2D eigenvalue weighted by atomic mass is 9.97. The molecule has 5 N–H and O–H groups in total. The summed E-state index contributed by atoms with van der Waals surface area (Å²) in [6.45, 7) is -1.88. The van der Waals surface area contributed by atoms with E-state index in [2.05, 4.69) is 15.0 Å². The maximum absolute atomic E-state index is 13.2. The van der Waals surface area contributed by atoms with E-state index in [0.717, 1.165) is 4.57 Å². The first-order valence-corrected chi connectivity index (χ1v) is 5.95. The molecule has 0 bridgehead atoms. The molecule has 1 fully saturated rings. The molecule has 1 aromatic heterocycles. The van der Waals surface area contributed by atoms with Gasteiger partial charge in [0.15, 0.2) is 5.11 Å². The molecule has 0 aliphatic carbocycles. The van der Waals surface area contributed by atoms with Crippen molar-refractivity contribution in [2.75, 3.05) is 19.0 Å². The fourth-order valence-corrected chi connectivity index (χ4v) is 2.23. The Morgan fingerprint density at radius 1 is 1.71 bits per heavy atom. The summed E-state index contributed by atoms with van der Waals surface area (Å²) in [4.78, 5) is 18.0. The van der Waals surface area contributed by atoms with Gasteiger partial charge in [-0.1, -0.05) is 0 Å². The van der Waals surface area contributed by atoms with Gasteiger partial charge in [-0.15, -0.1) is 0 Å². The Bertz CT molecular complexity index is 632. The second-order valence-electron chi connectivity index (χ2n) is 4.52. The average Bonchev–Trinajstić information content (AvgIpc) is 2.72. The number of aliphatic hydroxyl groups is 2. The molecule has 1 aromatic rings.